The zero-order chi connectivity index (χ0) is 24.7. The average Bonchev–Trinajstić information content (AvgIpc) is 3.18. The normalized spacial score (nSPS) is 22.4. The molecule has 2 aliphatic carbocycles. The van der Waals surface area contributed by atoms with E-state index in [0.717, 1.165) is 12.8 Å². The quantitative estimate of drug-likeness (QED) is 0.550. The maximum absolute atomic E-state index is 9.59. The van der Waals surface area contributed by atoms with Gasteiger partial charge in [0.15, 0.2) is 0 Å². The second-order valence-corrected chi connectivity index (χ2v) is 10.5. The Kier molecular flexibility index (Phi) is 8.37. The molecule has 2 unspecified atom stereocenters. The lowest BCUT2D eigenvalue weighted by molar-refractivity contribution is 0.0970. The summed E-state index contributed by atoms with van der Waals surface area (Å²) in [6.07, 6.45) is 11.7. The van der Waals surface area contributed by atoms with Gasteiger partial charge < -0.3 is 4.90 Å². The van der Waals surface area contributed by atoms with Crippen molar-refractivity contribution in [2.45, 2.75) is 63.7 Å². The first-order valence-electron chi connectivity index (χ1n) is 12.8. The van der Waals surface area contributed by atoms with Crippen LogP contribution in [0.25, 0.3) is 0 Å². The number of hydrogen-bond donors (Lipinski definition) is 0. The zero-order valence-electron chi connectivity index (χ0n) is 20.2. The Labute approximate surface area is 212 Å². The number of benzene rings is 2. The van der Waals surface area contributed by atoms with Crippen LogP contribution in [-0.4, -0.2) is 21.5 Å². The van der Waals surface area contributed by atoms with E-state index in [9.17, 15) is 10.5 Å². The van der Waals surface area contributed by atoms with Crippen LogP contribution in [0.15, 0.2) is 48.5 Å². The van der Waals surface area contributed by atoms with Crippen molar-refractivity contribution < 1.29 is 8.42 Å². The van der Waals surface area contributed by atoms with E-state index in [-0.39, 0.29) is 5.92 Å². The van der Waals surface area contributed by atoms with Crippen LogP contribution in [0.3, 0.4) is 0 Å². The van der Waals surface area contributed by atoms with Crippen LogP contribution in [0.1, 0.15) is 67.6 Å². The predicted molar refractivity (Wildman–Crippen MR) is 137 cm³/mol. The van der Waals surface area contributed by atoms with Gasteiger partial charge in [-0.25, -0.2) is 0 Å². The molecule has 2 atom stereocenters. The van der Waals surface area contributed by atoms with Crippen molar-refractivity contribution in [1.29, 1.82) is 10.5 Å². The number of rotatable bonds is 4. The summed E-state index contributed by atoms with van der Waals surface area (Å²) in [4.78, 5) is 2.57. The first-order valence-corrected chi connectivity index (χ1v) is 13.4. The third kappa shape index (κ3) is 5.65. The van der Waals surface area contributed by atoms with Crippen molar-refractivity contribution in [2.75, 3.05) is 18.0 Å². The molecule has 6 heteroatoms. The summed E-state index contributed by atoms with van der Waals surface area (Å²) < 4.78 is 16.6. The summed E-state index contributed by atoms with van der Waals surface area (Å²) in [5.41, 5.74) is 5.87. The molecule has 2 aromatic carbocycles. The molecule has 1 heterocycles. The average molecular weight is 488 g/mol. The molecule has 0 N–H and O–H groups in total. The maximum atomic E-state index is 9.59. The van der Waals surface area contributed by atoms with Gasteiger partial charge in [-0.3, -0.25) is 0 Å². The molecule has 1 saturated heterocycles. The smallest absolute Gasteiger partial charge is 0.335 e. The fourth-order valence-corrected chi connectivity index (χ4v) is 6.66. The Balaban J connectivity index is 0.000000917. The Hall–Kier alpha value is -2.96. The standard InChI is InChI=1S/C29H33N3.O2S/c30-20-25(21-31)28-24(19-23-6-1-2-7-27(23)28)18-22-8-10-26(11-9-22)32-16-4-14-29(12-3-13-29)15-5-17-32;1-3-2/h1-2,6-11,24-25,28H,3-5,12-19H2;. The first kappa shape index (κ1) is 25.1. The maximum Gasteiger partial charge on any atom is 0.335 e. The highest BCUT2D eigenvalue weighted by Gasteiger charge is 2.38. The molecule has 0 radical (unpaired) electrons. The van der Waals surface area contributed by atoms with Gasteiger partial charge in [-0.1, -0.05) is 42.8 Å². The van der Waals surface area contributed by atoms with Gasteiger partial charge in [0.25, 0.3) is 0 Å². The van der Waals surface area contributed by atoms with Gasteiger partial charge in [-0.15, -0.1) is 0 Å². The molecule has 2 fully saturated rings. The highest BCUT2D eigenvalue weighted by molar-refractivity contribution is 7.51. The number of nitriles is 2. The monoisotopic (exact) mass is 487 g/mol. The van der Waals surface area contributed by atoms with Gasteiger partial charge in [-0.05, 0) is 91.5 Å². The summed E-state index contributed by atoms with van der Waals surface area (Å²) in [7, 11) is 0. The van der Waals surface area contributed by atoms with E-state index in [0.29, 0.717) is 11.3 Å². The molecule has 1 spiro atoms. The van der Waals surface area contributed by atoms with Gasteiger partial charge >= 0.3 is 11.6 Å². The van der Waals surface area contributed by atoms with E-state index in [1.807, 2.05) is 6.07 Å². The molecule has 1 aliphatic heterocycles. The van der Waals surface area contributed by atoms with E-state index < -0.39 is 17.5 Å². The Morgan fingerprint density at radius 2 is 1.51 bits per heavy atom. The van der Waals surface area contributed by atoms with Crippen molar-refractivity contribution in [2.24, 2.45) is 17.3 Å². The SMILES string of the molecule is N#CC(C#N)C1c2ccccc2CC1Cc1ccc(N2CCCC3(CCC2)CCC3)cc1.O=S=O. The summed E-state index contributed by atoms with van der Waals surface area (Å²) in [6.45, 7) is 2.35. The van der Waals surface area contributed by atoms with Crippen molar-refractivity contribution in [3.63, 3.8) is 0 Å². The van der Waals surface area contributed by atoms with Gasteiger partial charge in [0.2, 0.25) is 0 Å². The van der Waals surface area contributed by atoms with Crippen LogP contribution in [-0.2, 0) is 24.4 Å². The molecule has 5 rings (SSSR count). The minimum Gasteiger partial charge on any atom is -0.372 e. The first-order chi connectivity index (χ1) is 17.1. The molecular weight excluding hydrogens is 454 g/mol. The number of nitrogens with zero attached hydrogens (tertiary/aromatic N) is 3. The van der Waals surface area contributed by atoms with E-state index >= 15 is 0 Å². The molecule has 5 nitrogen and oxygen atoms in total. The Morgan fingerprint density at radius 3 is 2.09 bits per heavy atom. The van der Waals surface area contributed by atoms with Crippen LogP contribution >= 0.6 is 0 Å². The highest BCUT2D eigenvalue weighted by Crippen LogP contribution is 2.49. The summed E-state index contributed by atoms with van der Waals surface area (Å²) in [6, 6.07) is 22.0. The number of hydrogen-bond acceptors (Lipinski definition) is 5. The fourth-order valence-electron chi connectivity index (χ4n) is 6.66. The van der Waals surface area contributed by atoms with Crippen molar-refractivity contribution in [3.05, 3.63) is 65.2 Å². The van der Waals surface area contributed by atoms with Crippen LogP contribution in [0.4, 0.5) is 5.69 Å². The second kappa shape index (κ2) is 11.6. The third-order valence-corrected chi connectivity index (χ3v) is 8.53. The van der Waals surface area contributed by atoms with Crippen LogP contribution in [0.5, 0.6) is 0 Å². The van der Waals surface area contributed by atoms with Crippen LogP contribution in [0.2, 0.25) is 0 Å². The van der Waals surface area contributed by atoms with Gasteiger partial charge in [0.1, 0.15) is 5.92 Å². The molecule has 1 saturated carbocycles. The minimum absolute atomic E-state index is 0.00839. The van der Waals surface area contributed by atoms with Crippen molar-refractivity contribution >= 4 is 17.3 Å². The fraction of sp³-hybridized carbons (Fsp3) is 0.517. The lowest BCUT2D eigenvalue weighted by atomic mass is 9.63. The van der Waals surface area contributed by atoms with Crippen molar-refractivity contribution in [1.82, 2.24) is 0 Å². The predicted octanol–water partition coefficient (Wildman–Crippen LogP) is 5.73. The Bertz CT molecular complexity index is 1100. The molecule has 3 aliphatic rings. The number of anilines is 1. The molecule has 0 aromatic heterocycles. The summed E-state index contributed by atoms with van der Waals surface area (Å²) in [5, 5.41) is 19.2. The largest absolute Gasteiger partial charge is 0.372 e. The summed E-state index contributed by atoms with van der Waals surface area (Å²) in [5.74, 6) is -0.264. The Morgan fingerprint density at radius 1 is 0.914 bits per heavy atom. The van der Waals surface area contributed by atoms with E-state index in [1.54, 1.807) is 0 Å². The summed E-state index contributed by atoms with van der Waals surface area (Å²) >= 11 is -0.750. The van der Waals surface area contributed by atoms with Crippen LogP contribution in [0, 0.1) is 39.9 Å². The third-order valence-electron chi connectivity index (χ3n) is 8.53. The van der Waals surface area contributed by atoms with Gasteiger partial charge in [-0.2, -0.15) is 18.9 Å². The highest BCUT2D eigenvalue weighted by atomic mass is 32.1. The number of fused-ring (bicyclic) bond motifs is 1. The van der Waals surface area contributed by atoms with Crippen molar-refractivity contribution in [3.8, 4) is 12.1 Å². The second-order valence-electron chi connectivity index (χ2n) is 10.4. The molecule has 35 heavy (non-hydrogen) atoms. The lowest BCUT2D eigenvalue weighted by Gasteiger charge is -2.45. The minimum atomic E-state index is -0.750. The van der Waals surface area contributed by atoms with Crippen LogP contribution < -0.4 is 4.90 Å². The molecule has 0 bridgehead atoms. The molecule has 182 valence electrons. The topological polar surface area (TPSA) is 85.0 Å². The van der Waals surface area contributed by atoms with Gasteiger partial charge in [0, 0.05) is 24.7 Å². The van der Waals surface area contributed by atoms with E-state index in [4.69, 9.17) is 8.42 Å². The lowest BCUT2D eigenvalue weighted by Crippen LogP contribution is -2.36. The zero-order valence-corrected chi connectivity index (χ0v) is 21.0. The van der Waals surface area contributed by atoms with Gasteiger partial charge in [0.05, 0.1) is 12.1 Å². The van der Waals surface area contributed by atoms with E-state index in [2.05, 4.69) is 59.5 Å². The molecular formula is C29H33N3O2S. The van der Waals surface area contributed by atoms with E-state index in [1.165, 1.54) is 80.4 Å². The molecule has 0 amide bonds. The molecule has 2 aromatic rings.